The first-order valence-electron chi connectivity index (χ1n) is 7.56. The molecule has 1 aromatic heterocycles. The Morgan fingerprint density at radius 1 is 1.35 bits per heavy atom. The third-order valence-corrected chi connectivity index (χ3v) is 5.77. The fourth-order valence-corrected chi connectivity index (χ4v) is 4.86. The highest BCUT2D eigenvalue weighted by molar-refractivity contribution is 7.99. The van der Waals surface area contributed by atoms with E-state index in [0.29, 0.717) is 5.92 Å². The first kappa shape index (κ1) is 14.5. The zero-order valence-electron chi connectivity index (χ0n) is 12.4. The van der Waals surface area contributed by atoms with Crippen LogP contribution in [0.2, 0.25) is 0 Å². The lowest BCUT2D eigenvalue weighted by atomic mass is 9.78. The highest BCUT2D eigenvalue weighted by Crippen LogP contribution is 2.44. The van der Waals surface area contributed by atoms with Gasteiger partial charge >= 0.3 is 0 Å². The number of aliphatic hydroxyl groups is 1. The van der Waals surface area contributed by atoms with Crippen molar-refractivity contribution in [1.82, 2.24) is 0 Å². The molecule has 0 aromatic carbocycles. The molecule has 4 heteroatoms. The number of hydrogen-bond acceptors (Lipinski definition) is 4. The summed E-state index contributed by atoms with van der Waals surface area (Å²) in [4.78, 5) is 0. The Morgan fingerprint density at radius 3 is 2.75 bits per heavy atom. The number of hydrogen-bond donors (Lipinski definition) is 1. The molecule has 3 heterocycles. The molecule has 0 bridgehead atoms. The van der Waals surface area contributed by atoms with Crippen LogP contribution < -0.4 is 0 Å². The van der Waals surface area contributed by atoms with Crippen LogP contribution in [-0.2, 0) is 4.74 Å². The zero-order valence-corrected chi connectivity index (χ0v) is 13.2. The topological polar surface area (TPSA) is 42.6 Å². The minimum absolute atomic E-state index is 0.0296. The third-order valence-electron chi connectivity index (χ3n) is 4.78. The predicted molar refractivity (Wildman–Crippen MR) is 81.1 cm³/mol. The maximum Gasteiger partial charge on any atom is 0.106 e. The van der Waals surface area contributed by atoms with Crippen LogP contribution >= 0.6 is 11.8 Å². The first-order chi connectivity index (χ1) is 9.60. The van der Waals surface area contributed by atoms with Gasteiger partial charge in [0.15, 0.2) is 0 Å². The molecule has 0 radical (unpaired) electrons. The molecule has 112 valence electrons. The molecule has 2 unspecified atom stereocenters. The average Bonchev–Trinajstić information content (AvgIpc) is 2.78. The Kier molecular flexibility index (Phi) is 4.16. The van der Waals surface area contributed by atoms with Crippen LogP contribution in [-0.4, -0.2) is 28.8 Å². The van der Waals surface area contributed by atoms with E-state index in [9.17, 15) is 5.11 Å². The lowest BCUT2D eigenvalue weighted by molar-refractivity contribution is -0.121. The number of ether oxygens (including phenoxy) is 1. The molecule has 2 aliphatic rings. The summed E-state index contributed by atoms with van der Waals surface area (Å²) in [6.45, 7) is 4.66. The van der Waals surface area contributed by atoms with Crippen molar-refractivity contribution in [3.8, 4) is 0 Å². The molecule has 2 aliphatic heterocycles. The van der Waals surface area contributed by atoms with Crippen molar-refractivity contribution in [1.29, 1.82) is 0 Å². The number of furan rings is 1. The SMILES string of the molecule is Cc1cc(C(O)C2CCOC3(CCSCC3)C2)c(C)o1. The smallest absolute Gasteiger partial charge is 0.106 e. The van der Waals surface area contributed by atoms with Crippen LogP contribution in [0.3, 0.4) is 0 Å². The van der Waals surface area contributed by atoms with Gasteiger partial charge in [0.2, 0.25) is 0 Å². The monoisotopic (exact) mass is 296 g/mol. The molecule has 1 aromatic rings. The second kappa shape index (κ2) is 5.74. The second-order valence-corrected chi connectivity index (χ2v) is 7.43. The normalized spacial score (nSPS) is 27.6. The van der Waals surface area contributed by atoms with Gasteiger partial charge in [0.1, 0.15) is 11.5 Å². The van der Waals surface area contributed by atoms with Gasteiger partial charge in [-0.25, -0.2) is 0 Å². The lowest BCUT2D eigenvalue weighted by Gasteiger charge is -2.44. The molecule has 0 amide bonds. The van der Waals surface area contributed by atoms with Gasteiger partial charge in [0.05, 0.1) is 11.7 Å². The van der Waals surface area contributed by atoms with E-state index in [1.807, 2.05) is 31.7 Å². The summed E-state index contributed by atoms with van der Waals surface area (Å²) in [7, 11) is 0. The zero-order chi connectivity index (χ0) is 14.2. The Balaban J connectivity index is 1.74. The average molecular weight is 296 g/mol. The maximum atomic E-state index is 10.7. The van der Waals surface area contributed by atoms with E-state index < -0.39 is 6.10 Å². The quantitative estimate of drug-likeness (QED) is 0.905. The molecule has 2 fully saturated rings. The van der Waals surface area contributed by atoms with Gasteiger partial charge in [-0.05, 0) is 63.0 Å². The van der Waals surface area contributed by atoms with E-state index in [1.165, 1.54) is 11.5 Å². The number of rotatable bonds is 2. The van der Waals surface area contributed by atoms with E-state index in [4.69, 9.17) is 9.15 Å². The van der Waals surface area contributed by atoms with Crippen molar-refractivity contribution >= 4 is 11.8 Å². The van der Waals surface area contributed by atoms with Crippen molar-refractivity contribution in [2.75, 3.05) is 18.1 Å². The van der Waals surface area contributed by atoms with Gasteiger partial charge < -0.3 is 14.3 Å². The van der Waals surface area contributed by atoms with Gasteiger partial charge in [0.25, 0.3) is 0 Å². The summed E-state index contributed by atoms with van der Waals surface area (Å²) in [6, 6.07) is 1.98. The highest BCUT2D eigenvalue weighted by Gasteiger charge is 2.41. The molecule has 2 saturated heterocycles. The van der Waals surface area contributed by atoms with E-state index in [0.717, 1.165) is 49.4 Å². The molecule has 0 saturated carbocycles. The van der Waals surface area contributed by atoms with Gasteiger partial charge in [-0.2, -0.15) is 11.8 Å². The molecular weight excluding hydrogens is 272 g/mol. The third kappa shape index (κ3) is 2.78. The second-order valence-electron chi connectivity index (χ2n) is 6.21. The van der Waals surface area contributed by atoms with E-state index in [-0.39, 0.29) is 5.60 Å². The summed E-state index contributed by atoms with van der Waals surface area (Å²) in [5.41, 5.74) is 0.997. The summed E-state index contributed by atoms with van der Waals surface area (Å²) < 4.78 is 11.7. The Hall–Kier alpha value is -0.450. The van der Waals surface area contributed by atoms with Crippen molar-refractivity contribution in [2.24, 2.45) is 5.92 Å². The summed E-state index contributed by atoms with van der Waals surface area (Å²) in [6.07, 6.45) is 3.77. The Bertz CT molecular complexity index is 457. The summed E-state index contributed by atoms with van der Waals surface area (Å²) in [5, 5.41) is 10.7. The van der Waals surface area contributed by atoms with Crippen molar-refractivity contribution in [3.63, 3.8) is 0 Å². The molecule has 0 aliphatic carbocycles. The minimum Gasteiger partial charge on any atom is -0.466 e. The standard InChI is InChI=1S/C16H24O3S/c1-11-9-14(12(2)19-11)15(17)13-3-6-18-16(10-13)4-7-20-8-5-16/h9,13,15,17H,3-8,10H2,1-2H3. The molecular formula is C16H24O3S. The van der Waals surface area contributed by atoms with Crippen LogP contribution in [0.15, 0.2) is 10.5 Å². The molecule has 20 heavy (non-hydrogen) atoms. The molecule has 1 N–H and O–H groups in total. The van der Waals surface area contributed by atoms with Crippen molar-refractivity contribution in [2.45, 2.75) is 51.2 Å². The Labute approximate surface area is 125 Å². The van der Waals surface area contributed by atoms with E-state index in [2.05, 4.69) is 0 Å². The first-order valence-corrected chi connectivity index (χ1v) is 8.72. The molecule has 3 rings (SSSR count). The summed E-state index contributed by atoms with van der Waals surface area (Å²) >= 11 is 2.02. The predicted octanol–water partition coefficient (Wildman–Crippen LogP) is 3.62. The van der Waals surface area contributed by atoms with E-state index >= 15 is 0 Å². The van der Waals surface area contributed by atoms with E-state index in [1.54, 1.807) is 0 Å². The number of thioether (sulfide) groups is 1. The number of aryl methyl sites for hydroxylation is 2. The van der Waals surface area contributed by atoms with Gasteiger partial charge in [-0.1, -0.05) is 0 Å². The Morgan fingerprint density at radius 2 is 2.10 bits per heavy atom. The largest absolute Gasteiger partial charge is 0.466 e. The number of aliphatic hydroxyl groups excluding tert-OH is 1. The highest BCUT2D eigenvalue weighted by atomic mass is 32.2. The summed E-state index contributed by atoms with van der Waals surface area (Å²) in [5.74, 6) is 4.41. The van der Waals surface area contributed by atoms with Crippen LogP contribution in [0.1, 0.15) is 48.9 Å². The van der Waals surface area contributed by atoms with Crippen LogP contribution in [0.4, 0.5) is 0 Å². The van der Waals surface area contributed by atoms with Gasteiger partial charge in [0, 0.05) is 12.2 Å². The van der Waals surface area contributed by atoms with Crippen molar-refractivity contribution in [3.05, 3.63) is 23.2 Å². The van der Waals surface area contributed by atoms with Gasteiger partial charge in [-0.3, -0.25) is 0 Å². The van der Waals surface area contributed by atoms with Crippen molar-refractivity contribution < 1.29 is 14.3 Å². The molecule has 2 atom stereocenters. The lowest BCUT2D eigenvalue weighted by Crippen LogP contribution is -2.44. The van der Waals surface area contributed by atoms with Gasteiger partial charge in [-0.15, -0.1) is 0 Å². The fourth-order valence-electron chi connectivity index (χ4n) is 3.63. The minimum atomic E-state index is -0.414. The molecule has 1 spiro atoms. The fraction of sp³-hybridized carbons (Fsp3) is 0.750. The van der Waals surface area contributed by atoms with Crippen LogP contribution in [0.25, 0.3) is 0 Å². The molecule has 3 nitrogen and oxygen atoms in total. The maximum absolute atomic E-state index is 10.7. The van der Waals surface area contributed by atoms with Crippen LogP contribution in [0.5, 0.6) is 0 Å². The van der Waals surface area contributed by atoms with Crippen LogP contribution in [0, 0.1) is 19.8 Å².